The number of anilines is 2. The molecular formula is C18H11Cl2F3N2OS. The molecule has 3 rings (SSSR count). The van der Waals surface area contributed by atoms with Crippen molar-refractivity contribution in [3.05, 3.63) is 84.9 Å². The number of halogens is 5. The van der Waals surface area contributed by atoms with Crippen LogP contribution < -0.4 is 5.32 Å². The predicted octanol–water partition coefficient (Wildman–Crippen LogP) is 7.67. The van der Waals surface area contributed by atoms with Crippen molar-refractivity contribution in [2.75, 3.05) is 5.32 Å². The van der Waals surface area contributed by atoms with Crippen molar-refractivity contribution in [3.63, 3.8) is 0 Å². The van der Waals surface area contributed by atoms with E-state index in [1.54, 1.807) is 17.5 Å². The maximum absolute atomic E-state index is 13.1. The van der Waals surface area contributed by atoms with Gasteiger partial charge in [0.1, 0.15) is 0 Å². The summed E-state index contributed by atoms with van der Waals surface area (Å²) in [6.07, 6.45) is -4.49. The molecule has 2 aromatic carbocycles. The summed E-state index contributed by atoms with van der Waals surface area (Å²) in [5.41, 5.74) is -0.115. The summed E-state index contributed by atoms with van der Waals surface area (Å²) >= 11 is 13.6. The molecule has 27 heavy (non-hydrogen) atoms. The molecule has 1 heterocycles. The van der Waals surface area contributed by atoms with E-state index in [0.717, 1.165) is 6.07 Å². The Labute approximate surface area is 166 Å². The smallest absolute Gasteiger partial charge is 0.355 e. The van der Waals surface area contributed by atoms with Crippen molar-refractivity contribution < 1.29 is 13.2 Å². The minimum atomic E-state index is -4.49. The molecule has 3 aromatic rings. The van der Waals surface area contributed by atoms with Gasteiger partial charge in [0.2, 0.25) is 0 Å². The van der Waals surface area contributed by atoms with Crippen LogP contribution in [-0.2, 0) is 6.18 Å². The standard InChI is InChI=1S/C18H11Cl2F3N2OS/c19-13-7-8-27-17(13)16(25-26)11-6-5-10(9-14(11)20)24-15-4-2-1-3-12(15)18(21,22)23/h1-9,16,24H. The molecule has 9 heteroatoms. The third-order valence-corrected chi connectivity index (χ3v) is 5.54. The fraction of sp³-hybridized carbons (Fsp3) is 0.111. The lowest BCUT2D eigenvalue weighted by Crippen LogP contribution is -2.08. The Hall–Kier alpha value is -2.09. The van der Waals surface area contributed by atoms with Gasteiger partial charge in [-0.2, -0.15) is 13.2 Å². The van der Waals surface area contributed by atoms with Crippen molar-refractivity contribution in [2.45, 2.75) is 12.2 Å². The lowest BCUT2D eigenvalue weighted by molar-refractivity contribution is -0.136. The third kappa shape index (κ3) is 4.26. The Morgan fingerprint density at radius 3 is 2.37 bits per heavy atom. The summed E-state index contributed by atoms with van der Waals surface area (Å²) in [4.78, 5) is 11.9. The van der Waals surface area contributed by atoms with Crippen molar-refractivity contribution in [1.82, 2.24) is 0 Å². The highest BCUT2D eigenvalue weighted by atomic mass is 35.5. The zero-order valence-electron chi connectivity index (χ0n) is 13.4. The largest absolute Gasteiger partial charge is 0.418 e. The minimum Gasteiger partial charge on any atom is -0.355 e. The molecule has 1 atom stereocenters. The van der Waals surface area contributed by atoms with Gasteiger partial charge in [-0.15, -0.1) is 16.2 Å². The number of rotatable bonds is 5. The van der Waals surface area contributed by atoms with Gasteiger partial charge in [-0.3, -0.25) is 0 Å². The molecule has 1 N–H and O–H groups in total. The average Bonchev–Trinajstić information content (AvgIpc) is 3.03. The highest BCUT2D eigenvalue weighted by Crippen LogP contribution is 2.40. The number of para-hydroxylation sites is 1. The van der Waals surface area contributed by atoms with Gasteiger partial charge in [0.25, 0.3) is 0 Å². The monoisotopic (exact) mass is 430 g/mol. The van der Waals surface area contributed by atoms with Crippen LogP contribution in [0.1, 0.15) is 22.0 Å². The zero-order chi connectivity index (χ0) is 19.6. The van der Waals surface area contributed by atoms with Gasteiger partial charge in [0.05, 0.1) is 21.2 Å². The second-order valence-electron chi connectivity index (χ2n) is 5.55. The molecule has 0 aliphatic rings. The van der Waals surface area contributed by atoms with E-state index in [-0.39, 0.29) is 10.7 Å². The molecular weight excluding hydrogens is 420 g/mol. The Kier molecular flexibility index (Phi) is 5.74. The average molecular weight is 431 g/mol. The number of alkyl halides is 3. The van der Waals surface area contributed by atoms with E-state index in [1.807, 2.05) is 0 Å². The maximum Gasteiger partial charge on any atom is 0.418 e. The molecule has 0 spiro atoms. The van der Waals surface area contributed by atoms with Crippen LogP contribution in [0.5, 0.6) is 0 Å². The minimum absolute atomic E-state index is 0.0971. The van der Waals surface area contributed by atoms with E-state index >= 15 is 0 Å². The molecule has 1 unspecified atom stereocenters. The van der Waals surface area contributed by atoms with Crippen LogP contribution in [0.15, 0.2) is 59.1 Å². The van der Waals surface area contributed by atoms with Gasteiger partial charge in [0, 0.05) is 16.3 Å². The molecule has 1 aromatic heterocycles. The number of hydrogen-bond acceptors (Lipinski definition) is 4. The van der Waals surface area contributed by atoms with Crippen molar-refractivity contribution in [3.8, 4) is 0 Å². The van der Waals surface area contributed by atoms with Gasteiger partial charge in [-0.25, -0.2) is 0 Å². The fourth-order valence-electron chi connectivity index (χ4n) is 2.57. The van der Waals surface area contributed by atoms with E-state index < -0.39 is 17.8 Å². The fourth-order valence-corrected chi connectivity index (χ4v) is 4.06. The quantitative estimate of drug-likeness (QED) is 0.421. The van der Waals surface area contributed by atoms with E-state index in [4.69, 9.17) is 23.2 Å². The highest BCUT2D eigenvalue weighted by Gasteiger charge is 2.33. The first-order valence-corrected chi connectivity index (χ1v) is 9.23. The normalized spacial score (nSPS) is 12.6. The van der Waals surface area contributed by atoms with Crippen LogP contribution in [0.4, 0.5) is 24.5 Å². The summed E-state index contributed by atoms with van der Waals surface area (Å²) < 4.78 is 39.3. The first-order valence-electron chi connectivity index (χ1n) is 7.59. The molecule has 0 bridgehead atoms. The van der Waals surface area contributed by atoms with Crippen molar-refractivity contribution in [1.29, 1.82) is 0 Å². The summed E-state index contributed by atoms with van der Waals surface area (Å²) in [7, 11) is 0. The topological polar surface area (TPSA) is 41.5 Å². The molecule has 0 saturated heterocycles. The summed E-state index contributed by atoms with van der Waals surface area (Å²) in [6, 6.07) is 10.4. The Morgan fingerprint density at radius 1 is 1.04 bits per heavy atom. The first kappa shape index (κ1) is 19.7. The van der Waals surface area contributed by atoms with Crippen molar-refractivity contribution in [2.24, 2.45) is 5.18 Å². The van der Waals surface area contributed by atoms with Gasteiger partial charge < -0.3 is 5.32 Å². The number of nitroso groups, excluding NO2 is 1. The van der Waals surface area contributed by atoms with Crippen molar-refractivity contribution >= 4 is 45.9 Å². The Morgan fingerprint density at radius 2 is 1.78 bits per heavy atom. The van der Waals surface area contributed by atoms with Gasteiger partial charge in [-0.05, 0) is 35.7 Å². The molecule has 3 nitrogen and oxygen atoms in total. The number of hydrogen-bond donors (Lipinski definition) is 1. The molecule has 0 fully saturated rings. The number of nitrogens with zero attached hydrogens (tertiary/aromatic N) is 1. The Bertz CT molecular complexity index is 975. The van der Waals surface area contributed by atoms with Gasteiger partial charge in [-0.1, -0.05) is 46.6 Å². The zero-order valence-corrected chi connectivity index (χ0v) is 15.8. The summed E-state index contributed by atoms with van der Waals surface area (Å²) in [6.45, 7) is 0. The first-order chi connectivity index (χ1) is 12.8. The number of thiophene rings is 1. The number of nitrogens with one attached hydrogen (secondary N) is 1. The molecule has 0 saturated carbocycles. The maximum atomic E-state index is 13.1. The van der Waals surface area contributed by atoms with Crippen LogP contribution in [0.25, 0.3) is 0 Å². The van der Waals surface area contributed by atoms with Crippen LogP contribution in [0, 0.1) is 4.91 Å². The van der Waals surface area contributed by atoms with E-state index in [2.05, 4.69) is 10.5 Å². The van der Waals surface area contributed by atoms with Crippen LogP contribution in [0.3, 0.4) is 0 Å². The third-order valence-electron chi connectivity index (χ3n) is 3.81. The Balaban J connectivity index is 1.92. The molecule has 0 aliphatic carbocycles. The lowest BCUT2D eigenvalue weighted by atomic mass is 10.1. The van der Waals surface area contributed by atoms with E-state index in [1.165, 1.54) is 41.7 Å². The van der Waals surface area contributed by atoms with Gasteiger partial charge >= 0.3 is 6.18 Å². The molecule has 0 aliphatic heterocycles. The van der Waals surface area contributed by atoms with Crippen LogP contribution in [-0.4, -0.2) is 0 Å². The van der Waals surface area contributed by atoms with Gasteiger partial charge in [0.15, 0.2) is 6.04 Å². The summed E-state index contributed by atoms with van der Waals surface area (Å²) in [5.74, 6) is 0. The highest BCUT2D eigenvalue weighted by molar-refractivity contribution is 7.10. The second-order valence-corrected chi connectivity index (χ2v) is 7.31. The second kappa shape index (κ2) is 7.88. The summed E-state index contributed by atoms with van der Waals surface area (Å²) in [5, 5.41) is 8.15. The van der Waals surface area contributed by atoms with E-state index in [9.17, 15) is 18.1 Å². The molecule has 140 valence electrons. The van der Waals surface area contributed by atoms with Crippen LogP contribution in [0.2, 0.25) is 10.0 Å². The van der Waals surface area contributed by atoms with Crippen LogP contribution >= 0.6 is 34.5 Å². The molecule has 0 radical (unpaired) electrons. The number of benzene rings is 2. The predicted molar refractivity (Wildman–Crippen MR) is 103 cm³/mol. The molecule has 0 amide bonds. The van der Waals surface area contributed by atoms with E-state index in [0.29, 0.717) is 21.2 Å². The SMILES string of the molecule is O=NC(c1ccc(Nc2ccccc2C(F)(F)F)cc1Cl)c1sccc1Cl. The lowest BCUT2D eigenvalue weighted by Gasteiger charge is -2.16.